The smallest absolute Gasteiger partial charge is 0.246 e. The van der Waals surface area contributed by atoms with E-state index in [0.717, 1.165) is 16.5 Å². The van der Waals surface area contributed by atoms with Gasteiger partial charge in [0.1, 0.15) is 17.5 Å². The predicted molar refractivity (Wildman–Crippen MR) is 110 cm³/mol. The van der Waals surface area contributed by atoms with Gasteiger partial charge in [-0.25, -0.2) is 0 Å². The van der Waals surface area contributed by atoms with Crippen molar-refractivity contribution in [2.45, 2.75) is 13.0 Å². The molecule has 0 saturated heterocycles. The second-order valence-corrected chi connectivity index (χ2v) is 6.51. The summed E-state index contributed by atoms with van der Waals surface area (Å²) in [6.45, 7) is 1.77. The van der Waals surface area contributed by atoms with Gasteiger partial charge in [-0.2, -0.15) is 0 Å². The molecule has 0 aliphatic carbocycles. The number of fused-ring (bicyclic) bond motifs is 1. The van der Waals surface area contributed by atoms with Crippen LogP contribution in [-0.4, -0.2) is 26.2 Å². The van der Waals surface area contributed by atoms with E-state index in [2.05, 4.69) is 10.6 Å². The third-order valence-electron chi connectivity index (χ3n) is 4.26. The second-order valence-electron chi connectivity index (χ2n) is 6.10. The third kappa shape index (κ3) is 4.26. The van der Waals surface area contributed by atoms with E-state index in [-0.39, 0.29) is 5.91 Å². The number of rotatable bonds is 6. The normalized spacial score (nSPS) is 11.7. The maximum absolute atomic E-state index is 12.6. The van der Waals surface area contributed by atoms with Gasteiger partial charge >= 0.3 is 0 Å². The van der Waals surface area contributed by atoms with Crippen LogP contribution in [0.3, 0.4) is 0 Å². The predicted octanol–water partition coefficient (Wildman–Crippen LogP) is 4.95. The van der Waals surface area contributed by atoms with Crippen LogP contribution in [0.5, 0.6) is 11.5 Å². The topological polar surface area (TPSA) is 59.6 Å². The van der Waals surface area contributed by atoms with Crippen LogP contribution < -0.4 is 20.1 Å². The molecule has 0 unspecified atom stereocenters. The Labute approximate surface area is 163 Å². The van der Waals surface area contributed by atoms with Gasteiger partial charge in [-0.3, -0.25) is 4.79 Å². The highest BCUT2D eigenvalue weighted by Gasteiger charge is 2.17. The minimum atomic E-state index is -0.505. The number of anilines is 2. The van der Waals surface area contributed by atoms with Gasteiger partial charge in [0.05, 0.1) is 24.9 Å². The third-order valence-corrected chi connectivity index (χ3v) is 4.55. The fraction of sp³-hybridized carbons (Fsp3) is 0.190. The fourth-order valence-corrected chi connectivity index (χ4v) is 3.03. The average Bonchev–Trinajstić information content (AvgIpc) is 2.68. The second kappa shape index (κ2) is 8.18. The zero-order valence-corrected chi connectivity index (χ0v) is 16.1. The van der Waals surface area contributed by atoms with E-state index < -0.39 is 6.04 Å². The lowest BCUT2D eigenvalue weighted by Crippen LogP contribution is -2.32. The number of amides is 1. The maximum Gasteiger partial charge on any atom is 0.246 e. The molecule has 1 amide bonds. The summed E-state index contributed by atoms with van der Waals surface area (Å²) in [6.07, 6.45) is 0. The lowest BCUT2D eigenvalue weighted by molar-refractivity contribution is -0.116. The van der Waals surface area contributed by atoms with Crippen LogP contribution in [0.1, 0.15) is 6.92 Å². The molecule has 0 aliphatic rings. The molecule has 0 aromatic heterocycles. The SMILES string of the molecule is COc1cc(OC)c(N[C@H](C)C(=O)Nc2ccc3ccccc3c2)cc1Cl. The van der Waals surface area contributed by atoms with Crippen molar-refractivity contribution < 1.29 is 14.3 Å². The Morgan fingerprint density at radius 3 is 2.37 bits per heavy atom. The van der Waals surface area contributed by atoms with Crippen LogP contribution >= 0.6 is 11.6 Å². The van der Waals surface area contributed by atoms with Crippen molar-refractivity contribution >= 4 is 39.7 Å². The quantitative estimate of drug-likeness (QED) is 0.631. The summed E-state index contributed by atoms with van der Waals surface area (Å²) in [4.78, 5) is 12.6. The summed E-state index contributed by atoms with van der Waals surface area (Å²) >= 11 is 6.19. The molecule has 0 fully saturated rings. The zero-order chi connectivity index (χ0) is 19.4. The maximum atomic E-state index is 12.6. The fourth-order valence-electron chi connectivity index (χ4n) is 2.79. The molecule has 0 heterocycles. The molecule has 1 atom stereocenters. The van der Waals surface area contributed by atoms with Gasteiger partial charge in [-0.05, 0) is 35.9 Å². The van der Waals surface area contributed by atoms with Crippen LogP contribution in [-0.2, 0) is 4.79 Å². The van der Waals surface area contributed by atoms with E-state index in [4.69, 9.17) is 21.1 Å². The molecule has 3 aromatic carbocycles. The molecule has 27 heavy (non-hydrogen) atoms. The van der Waals surface area contributed by atoms with Crippen LogP contribution in [0.4, 0.5) is 11.4 Å². The molecule has 0 radical (unpaired) electrons. The van der Waals surface area contributed by atoms with Gasteiger partial charge in [-0.15, -0.1) is 0 Å². The number of halogens is 1. The molecule has 0 aliphatic heterocycles. The Hall–Kier alpha value is -2.92. The lowest BCUT2D eigenvalue weighted by atomic mass is 10.1. The molecule has 0 bridgehead atoms. The molecule has 3 rings (SSSR count). The molecule has 3 aromatic rings. The largest absolute Gasteiger partial charge is 0.495 e. The van der Waals surface area contributed by atoms with Gasteiger partial charge in [0.25, 0.3) is 0 Å². The molecule has 0 saturated carbocycles. The standard InChI is InChI=1S/C21H21ClN2O3/c1-13(23-18-11-17(22)19(26-2)12-20(18)27-3)21(25)24-16-9-8-14-6-4-5-7-15(14)10-16/h4-13,23H,1-3H3,(H,24,25)/t13-/m1/s1. The van der Waals surface area contributed by atoms with Crippen molar-refractivity contribution in [1.82, 2.24) is 0 Å². The monoisotopic (exact) mass is 384 g/mol. The average molecular weight is 385 g/mol. The Balaban J connectivity index is 1.74. The summed E-state index contributed by atoms with van der Waals surface area (Å²) in [6, 6.07) is 16.7. The van der Waals surface area contributed by atoms with Gasteiger partial charge in [-0.1, -0.05) is 41.9 Å². The summed E-state index contributed by atoms with van der Waals surface area (Å²) < 4.78 is 10.5. The van der Waals surface area contributed by atoms with Crippen LogP contribution in [0.15, 0.2) is 54.6 Å². The van der Waals surface area contributed by atoms with E-state index in [9.17, 15) is 4.79 Å². The van der Waals surface area contributed by atoms with Crippen LogP contribution in [0.25, 0.3) is 10.8 Å². The van der Waals surface area contributed by atoms with Crippen molar-refractivity contribution in [2.75, 3.05) is 24.9 Å². The van der Waals surface area contributed by atoms with E-state index in [0.29, 0.717) is 22.2 Å². The van der Waals surface area contributed by atoms with Gasteiger partial charge in [0.15, 0.2) is 0 Å². The molecule has 0 spiro atoms. The van der Waals surface area contributed by atoms with Crippen LogP contribution in [0, 0.1) is 0 Å². The summed E-state index contributed by atoms with van der Waals surface area (Å²) in [5.41, 5.74) is 1.36. The summed E-state index contributed by atoms with van der Waals surface area (Å²) in [5, 5.41) is 8.69. The summed E-state index contributed by atoms with van der Waals surface area (Å²) in [7, 11) is 3.08. The Bertz CT molecular complexity index is 975. The van der Waals surface area contributed by atoms with E-state index in [1.165, 1.54) is 7.11 Å². The Morgan fingerprint density at radius 2 is 1.67 bits per heavy atom. The number of methoxy groups -OCH3 is 2. The molecular formula is C21H21ClN2O3. The molecular weight excluding hydrogens is 364 g/mol. The zero-order valence-electron chi connectivity index (χ0n) is 15.4. The van der Waals surface area contributed by atoms with E-state index >= 15 is 0 Å². The first-order chi connectivity index (χ1) is 13.0. The number of nitrogens with one attached hydrogen (secondary N) is 2. The van der Waals surface area contributed by atoms with Crippen molar-refractivity contribution in [3.8, 4) is 11.5 Å². The molecule has 140 valence electrons. The number of benzene rings is 3. The van der Waals surface area contributed by atoms with Crippen molar-refractivity contribution in [2.24, 2.45) is 0 Å². The number of hydrogen-bond acceptors (Lipinski definition) is 4. The lowest BCUT2D eigenvalue weighted by Gasteiger charge is -2.18. The number of carbonyl (C=O) groups is 1. The van der Waals surface area contributed by atoms with E-state index in [1.54, 1.807) is 26.2 Å². The first-order valence-electron chi connectivity index (χ1n) is 8.49. The molecule has 6 heteroatoms. The highest BCUT2D eigenvalue weighted by Crippen LogP contribution is 2.36. The Morgan fingerprint density at radius 1 is 0.963 bits per heavy atom. The first-order valence-corrected chi connectivity index (χ1v) is 8.87. The van der Waals surface area contributed by atoms with Crippen molar-refractivity contribution in [3.63, 3.8) is 0 Å². The first kappa shape index (κ1) is 18.9. The van der Waals surface area contributed by atoms with E-state index in [1.807, 2.05) is 42.5 Å². The summed E-state index contributed by atoms with van der Waals surface area (Å²) in [5.74, 6) is 0.883. The van der Waals surface area contributed by atoms with Crippen molar-refractivity contribution in [3.05, 3.63) is 59.6 Å². The highest BCUT2D eigenvalue weighted by molar-refractivity contribution is 6.32. The Kier molecular flexibility index (Phi) is 5.72. The number of hydrogen-bond donors (Lipinski definition) is 2. The number of ether oxygens (including phenoxy) is 2. The highest BCUT2D eigenvalue weighted by atomic mass is 35.5. The minimum absolute atomic E-state index is 0.167. The molecule has 5 nitrogen and oxygen atoms in total. The number of carbonyl (C=O) groups excluding carboxylic acids is 1. The van der Waals surface area contributed by atoms with Gasteiger partial charge < -0.3 is 20.1 Å². The van der Waals surface area contributed by atoms with Gasteiger partial charge in [0.2, 0.25) is 5.91 Å². The minimum Gasteiger partial charge on any atom is -0.495 e. The van der Waals surface area contributed by atoms with Crippen molar-refractivity contribution in [1.29, 1.82) is 0 Å². The molecule has 2 N–H and O–H groups in total. The van der Waals surface area contributed by atoms with Crippen LogP contribution in [0.2, 0.25) is 5.02 Å². The van der Waals surface area contributed by atoms with Gasteiger partial charge in [0, 0.05) is 11.8 Å².